The molecule has 0 radical (unpaired) electrons. The number of halogens is 1. The molecule has 1 aliphatic carbocycles. The minimum absolute atomic E-state index is 0.159. The van der Waals surface area contributed by atoms with Crippen molar-refractivity contribution in [2.75, 3.05) is 11.5 Å². The van der Waals surface area contributed by atoms with Crippen molar-refractivity contribution in [3.8, 4) is 11.1 Å². The predicted octanol–water partition coefficient (Wildman–Crippen LogP) is 5.11. The number of hydrogen-bond donors (Lipinski definition) is 0. The second kappa shape index (κ2) is 4.06. The first-order valence-electron chi connectivity index (χ1n) is 5.99. The first-order valence-corrected chi connectivity index (χ1v) is 8.75. The Morgan fingerprint density at radius 3 is 2.44 bits per heavy atom. The summed E-state index contributed by atoms with van der Waals surface area (Å²) >= 11 is 7.78. The molecule has 2 aromatic carbocycles. The molecule has 0 nitrogen and oxygen atoms in total. The van der Waals surface area contributed by atoms with Crippen LogP contribution in [0, 0.1) is 0 Å². The minimum atomic E-state index is 0.159. The quantitative estimate of drug-likeness (QED) is 0.656. The topological polar surface area (TPSA) is 0 Å². The van der Waals surface area contributed by atoms with Crippen LogP contribution in [0.3, 0.4) is 0 Å². The highest BCUT2D eigenvalue weighted by Crippen LogP contribution is 2.64. The average Bonchev–Trinajstić information content (AvgIpc) is 2.97. The van der Waals surface area contributed by atoms with Gasteiger partial charge in [-0.2, -0.15) is 0 Å². The van der Waals surface area contributed by atoms with E-state index in [9.17, 15) is 0 Å². The van der Waals surface area contributed by atoms with Gasteiger partial charge in [-0.25, -0.2) is 0 Å². The Kier molecular flexibility index (Phi) is 2.58. The number of thioether (sulfide) groups is 2. The average molecular weight is 335 g/mol. The molecule has 1 heterocycles. The second-order valence-corrected chi connectivity index (χ2v) is 8.34. The van der Waals surface area contributed by atoms with Gasteiger partial charge in [-0.1, -0.05) is 46.3 Å². The summed E-state index contributed by atoms with van der Waals surface area (Å²) in [5.41, 5.74) is 5.79. The molecule has 4 rings (SSSR count). The molecule has 0 atom stereocenters. The second-order valence-electron chi connectivity index (χ2n) is 4.55. The van der Waals surface area contributed by atoms with Crippen LogP contribution in [0.25, 0.3) is 11.1 Å². The van der Waals surface area contributed by atoms with Crippen LogP contribution in [0.2, 0.25) is 0 Å². The van der Waals surface area contributed by atoms with E-state index >= 15 is 0 Å². The molecule has 90 valence electrons. The van der Waals surface area contributed by atoms with Crippen LogP contribution in [0.5, 0.6) is 0 Å². The normalized spacial score (nSPS) is 18.9. The predicted molar refractivity (Wildman–Crippen MR) is 85.3 cm³/mol. The highest BCUT2D eigenvalue weighted by molar-refractivity contribution is 9.10. The fourth-order valence-corrected chi connectivity index (χ4v) is 6.67. The molecule has 3 heteroatoms. The van der Waals surface area contributed by atoms with E-state index in [-0.39, 0.29) is 4.08 Å². The van der Waals surface area contributed by atoms with Crippen molar-refractivity contribution in [2.45, 2.75) is 4.08 Å². The third-order valence-electron chi connectivity index (χ3n) is 3.60. The number of benzene rings is 2. The maximum atomic E-state index is 3.60. The minimum Gasteiger partial charge on any atom is -0.134 e. The molecule has 0 amide bonds. The lowest BCUT2D eigenvalue weighted by molar-refractivity contribution is 1.14. The van der Waals surface area contributed by atoms with E-state index in [0.717, 1.165) is 0 Å². The van der Waals surface area contributed by atoms with Crippen LogP contribution in [0.4, 0.5) is 0 Å². The zero-order valence-electron chi connectivity index (χ0n) is 9.65. The Balaban J connectivity index is 2.08. The standard InChI is InChI=1S/C15H11BrS2/c16-10-5-6-14-12(9-10)11-3-1-2-4-13(11)15(14)17-7-8-18-15/h1-6,9H,7-8H2. The lowest BCUT2D eigenvalue weighted by Crippen LogP contribution is -2.12. The van der Waals surface area contributed by atoms with Gasteiger partial charge in [0, 0.05) is 16.0 Å². The van der Waals surface area contributed by atoms with E-state index in [0.29, 0.717) is 0 Å². The van der Waals surface area contributed by atoms with Gasteiger partial charge in [0.1, 0.15) is 4.08 Å². The van der Waals surface area contributed by atoms with Gasteiger partial charge >= 0.3 is 0 Å². The summed E-state index contributed by atoms with van der Waals surface area (Å²) in [6, 6.07) is 15.6. The van der Waals surface area contributed by atoms with Crippen molar-refractivity contribution < 1.29 is 0 Å². The third kappa shape index (κ3) is 1.41. The van der Waals surface area contributed by atoms with Gasteiger partial charge in [0.2, 0.25) is 0 Å². The molecule has 1 spiro atoms. The molecule has 0 saturated carbocycles. The van der Waals surface area contributed by atoms with Crippen molar-refractivity contribution >= 4 is 39.5 Å². The zero-order chi connectivity index (χ0) is 12.2. The first kappa shape index (κ1) is 11.4. The van der Waals surface area contributed by atoms with Gasteiger partial charge in [0.25, 0.3) is 0 Å². The van der Waals surface area contributed by atoms with Gasteiger partial charge in [-0.15, -0.1) is 23.5 Å². The fraction of sp³-hybridized carbons (Fsp3) is 0.200. The van der Waals surface area contributed by atoms with Crippen molar-refractivity contribution in [1.82, 2.24) is 0 Å². The SMILES string of the molecule is Brc1ccc2c(c1)-c1ccccc1C21SCCS1. The summed E-state index contributed by atoms with van der Waals surface area (Å²) in [7, 11) is 0. The smallest absolute Gasteiger partial charge is 0.112 e. The largest absolute Gasteiger partial charge is 0.134 e. The summed E-state index contributed by atoms with van der Waals surface area (Å²) < 4.78 is 1.33. The molecule has 0 bridgehead atoms. The summed E-state index contributed by atoms with van der Waals surface area (Å²) in [6.45, 7) is 0. The third-order valence-corrected chi connectivity index (χ3v) is 7.57. The van der Waals surface area contributed by atoms with E-state index in [1.165, 1.54) is 38.2 Å². The Morgan fingerprint density at radius 1 is 0.889 bits per heavy atom. The van der Waals surface area contributed by atoms with Gasteiger partial charge < -0.3 is 0 Å². The Labute approximate surface area is 124 Å². The molecular weight excluding hydrogens is 324 g/mol. The monoisotopic (exact) mass is 334 g/mol. The van der Waals surface area contributed by atoms with Crippen LogP contribution < -0.4 is 0 Å². The molecule has 2 aliphatic rings. The molecule has 0 N–H and O–H groups in total. The lowest BCUT2D eigenvalue weighted by Gasteiger charge is -2.24. The highest BCUT2D eigenvalue weighted by Gasteiger charge is 2.46. The summed E-state index contributed by atoms with van der Waals surface area (Å²) in [5, 5.41) is 0. The van der Waals surface area contributed by atoms with Crippen LogP contribution in [0.1, 0.15) is 11.1 Å². The molecule has 18 heavy (non-hydrogen) atoms. The Bertz CT molecular complexity index is 630. The van der Waals surface area contributed by atoms with Crippen molar-refractivity contribution in [3.05, 3.63) is 58.1 Å². The van der Waals surface area contributed by atoms with E-state index in [1.54, 1.807) is 0 Å². The van der Waals surface area contributed by atoms with Gasteiger partial charge in [0.15, 0.2) is 0 Å². The van der Waals surface area contributed by atoms with E-state index in [2.05, 4.69) is 81.9 Å². The summed E-state index contributed by atoms with van der Waals surface area (Å²) in [4.78, 5) is 0. The van der Waals surface area contributed by atoms with Crippen molar-refractivity contribution in [1.29, 1.82) is 0 Å². The number of hydrogen-bond acceptors (Lipinski definition) is 2. The van der Waals surface area contributed by atoms with Gasteiger partial charge in [0.05, 0.1) is 0 Å². The Hall–Kier alpha value is -0.380. The van der Waals surface area contributed by atoms with Crippen LogP contribution in [0.15, 0.2) is 46.9 Å². The lowest BCUT2D eigenvalue weighted by atomic mass is 10.1. The molecule has 0 aromatic heterocycles. The van der Waals surface area contributed by atoms with Crippen LogP contribution in [-0.2, 0) is 4.08 Å². The molecule has 2 aromatic rings. The molecular formula is C15H11BrS2. The highest BCUT2D eigenvalue weighted by atomic mass is 79.9. The van der Waals surface area contributed by atoms with E-state index < -0.39 is 0 Å². The van der Waals surface area contributed by atoms with E-state index in [4.69, 9.17) is 0 Å². The maximum absolute atomic E-state index is 3.60. The Morgan fingerprint density at radius 2 is 1.61 bits per heavy atom. The molecule has 1 saturated heterocycles. The molecule has 0 unspecified atom stereocenters. The number of fused-ring (bicyclic) bond motifs is 5. The van der Waals surface area contributed by atoms with Gasteiger partial charge in [-0.05, 0) is 34.4 Å². The summed E-state index contributed by atoms with van der Waals surface area (Å²) in [6.07, 6.45) is 0. The van der Waals surface area contributed by atoms with Gasteiger partial charge in [-0.3, -0.25) is 0 Å². The first-order chi connectivity index (χ1) is 8.81. The molecule has 1 fully saturated rings. The number of rotatable bonds is 0. The van der Waals surface area contributed by atoms with Crippen LogP contribution in [-0.4, -0.2) is 11.5 Å². The van der Waals surface area contributed by atoms with Crippen molar-refractivity contribution in [3.63, 3.8) is 0 Å². The molecule has 1 aliphatic heterocycles. The zero-order valence-corrected chi connectivity index (χ0v) is 12.9. The maximum Gasteiger partial charge on any atom is 0.112 e. The fourth-order valence-electron chi connectivity index (χ4n) is 2.90. The van der Waals surface area contributed by atoms with E-state index in [1.807, 2.05) is 0 Å². The summed E-state index contributed by atoms with van der Waals surface area (Å²) in [5.74, 6) is 2.49. The van der Waals surface area contributed by atoms with Crippen LogP contribution >= 0.6 is 39.5 Å². The van der Waals surface area contributed by atoms with Crippen molar-refractivity contribution in [2.24, 2.45) is 0 Å².